The number of rotatable bonds is 3. The first-order chi connectivity index (χ1) is 8.86. The molecule has 1 aromatic rings. The van der Waals surface area contributed by atoms with Gasteiger partial charge in [-0.15, -0.1) is 0 Å². The minimum Gasteiger partial charge on any atom is -0.488 e. The second-order valence-corrected chi connectivity index (χ2v) is 4.47. The van der Waals surface area contributed by atoms with Crippen LogP contribution < -0.4 is 19.9 Å². The maximum atomic E-state index is 5.96. The van der Waals surface area contributed by atoms with E-state index in [1.165, 1.54) is 0 Å². The van der Waals surface area contributed by atoms with Crippen LogP contribution in [0.15, 0.2) is 12.1 Å². The Morgan fingerprint density at radius 1 is 1.28 bits per heavy atom. The Balaban J connectivity index is 1.81. The fraction of sp³-hybridized carbons (Fsp3) is 0.538. The Hall–Kier alpha value is -1.46. The summed E-state index contributed by atoms with van der Waals surface area (Å²) in [6.45, 7) is 2.14. The summed E-state index contributed by atoms with van der Waals surface area (Å²) in [6, 6.07) is 3.75. The van der Waals surface area contributed by atoms with E-state index >= 15 is 0 Å². The fourth-order valence-corrected chi connectivity index (χ4v) is 2.22. The summed E-state index contributed by atoms with van der Waals surface area (Å²) in [4.78, 5) is 0. The van der Waals surface area contributed by atoms with Crippen LogP contribution in [0.2, 0.25) is 0 Å². The van der Waals surface area contributed by atoms with Gasteiger partial charge in [-0.3, -0.25) is 0 Å². The van der Waals surface area contributed by atoms with Gasteiger partial charge >= 0.3 is 0 Å². The van der Waals surface area contributed by atoms with Crippen molar-refractivity contribution in [3.8, 4) is 17.2 Å². The number of nitrogens with two attached hydrogens (primary N) is 1. The molecule has 0 bridgehead atoms. The van der Waals surface area contributed by atoms with Gasteiger partial charge in [-0.05, 0) is 18.9 Å². The van der Waals surface area contributed by atoms with E-state index in [0.717, 1.165) is 42.3 Å². The number of fused-ring (bicyclic) bond motifs is 1. The SMILES string of the molecule is NCc1cc2c(cc1OC1CCCOC1)OCO2. The highest BCUT2D eigenvalue weighted by molar-refractivity contribution is 5.51. The van der Waals surface area contributed by atoms with E-state index in [-0.39, 0.29) is 12.9 Å². The van der Waals surface area contributed by atoms with E-state index in [4.69, 9.17) is 24.7 Å². The Labute approximate surface area is 106 Å². The zero-order valence-corrected chi connectivity index (χ0v) is 10.2. The number of ether oxygens (including phenoxy) is 4. The highest BCUT2D eigenvalue weighted by atomic mass is 16.7. The van der Waals surface area contributed by atoms with Gasteiger partial charge in [0.2, 0.25) is 6.79 Å². The molecule has 5 heteroatoms. The van der Waals surface area contributed by atoms with Crippen molar-refractivity contribution in [3.05, 3.63) is 17.7 Å². The lowest BCUT2D eigenvalue weighted by Crippen LogP contribution is -2.28. The summed E-state index contributed by atoms with van der Waals surface area (Å²) < 4.78 is 22.1. The van der Waals surface area contributed by atoms with Crippen LogP contribution in [-0.4, -0.2) is 26.1 Å². The average Bonchev–Trinajstić information content (AvgIpc) is 2.86. The Morgan fingerprint density at radius 2 is 2.11 bits per heavy atom. The maximum absolute atomic E-state index is 5.96. The molecule has 0 aliphatic carbocycles. The predicted molar refractivity (Wildman–Crippen MR) is 64.9 cm³/mol. The summed E-state index contributed by atoms with van der Waals surface area (Å²) in [5, 5.41) is 0. The van der Waals surface area contributed by atoms with Crippen molar-refractivity contribution >= 4 is 0 Å². The molecule has 2 N–H and O–H groups in total. The number of benzene rings is 1. The minimum atomic E-state index is 0.101. The van der Waals surface area contributed by atoms with Crippen LogP contribution in [0, 0.1) is 0 Å². The van der Waals surface area contributed by atoms with E-state index < -0.39 is 0 Å². The lowest BCUT2D eigenvalue weighted by molar-refractivity contribution is 0.00698. The third-order valence-electron chi connectivity index (χ3n) is 3.19. The van der Waals surface area contributed by atoms with Gasteiger partial charge in [0.05, 0.1) is 6.61 Å². The van der Waals surface area contributed by atoms with Crippen LogP contribution in [0.3, 0.4) is 0 Å². The van der Waals surface area contributed by atoms with Gasteiger partial charge in [-0.1, -0.05) is 0 Å². The average molecular weight is 251 g/mol. The molecule has 0 radical (unpaired) electrons. The van der Waals surface area contributed by atoms with Crippen molar-refractivity contribution < 1.29 is 18.9 Å². The molecule has 5 nitrogen and oxygen atoms in total. The molecule has 3 rings (SSSR count). The molecule has 0 saturated carbocycles. The predicted octanol–water partition coefficient (Wildman–Crippen LogP) is 1.43. The molecule has 0 aromatic heterocycles. The molecule has 18 heavy (non-hydrogen) atoms. The second kappa shape index (κ2) is 5.04. The molecule has 1 saturated heterocycles. The van der Waals surface area contributed by atoms with E-state index in [9.17, 15) is 0 Å². The van der Waals surface area contributed by atoms with Crippen LogP contribution in [0.4, 0.5) is 0 Å². The molecular formula is C13H17NO4. The van der Waals surface area contributed by atoms with E-state index in [0.29, 0.717) is 13.2 Å². The third-order valence-corrected chi connectivity index (χ3v) is 3.19. The molecule has 1 atom stereocenters. The molecular weight excluding hydrogens is 234 g/mol. The smallest absolute Gasteiger partial charge is 0.231 e. The molecule has 1 fully saturated rings. The summed E-state index contributed by atoms with van der Waals surface area (Å²) in [5.41, 5.74) is 6.68. The van der Waals surface area contributed by atoms with Crippen molar-refractivity contribution in [2.24, 2.45) is 5.73 Å². The van der Waals surface area contributed by atoms with Gasteiger partial charge in [0.15, 0.2) is 11.5 Å². The Bertz CT molecular complexity index is 429. The fourth-order valence-electron chi connectivity index (χ4n) is 2.22. The molecule has 0 amide bonds. The normalized spacial score (nSPS) is 21.9. The molecule has 98 valence electrons. The quantitative estimate of drug-likeness (QED) is 0.880. The molecule has 0 spiro atoms. The van der Waals surface area contributed by atoms with E-state index in [1.54, 1.807) is 0 Å². The first-order valence-corrected chi connectivity index (χ1v) is 6.24. The van der Waals surface area contributed by atoms with Crippen molar-refractivity contribution in [1.29, 1.82) is 0 Å². The van der Waals surface area contributed by atoms with Crippen LogP contribution in [0.25, 0.3) is 0 Å². The van der Waals surface area contributed by atoms with Crippen molar-refractivity contribution in [2.75, 3.05) is 20.0 Å². The molecule has 1 unspecified atom stereocenters. The van der Waals surface area contributed by atoms with Crippen LogP contribution in [0.5, 0.6) is 17.2 Å². The van der Waals surface area contributed by atoms with Crippen molar-refractivity contribution in [2.45, 2.75) is 25.5 Å². The summed E-state index contributed by atoms with van der Waals surface area (Å²) in [5.74, 6) is 2.24. The van der Waals surface area contributed by atoms with Crippen LogP contribution in [-0.2, 0) is 11.3 Å². The molecule has 1 aromatic carbocycles. The molecule has 2 aliphatic rings. The second-order valence-electron chi connectivity index (χ2n) is 4.47. The number of hydrogen-bond donors (Lipinski definition) is 1. The van der Waals surface area contributed by atoms with Gasteiger partial charge < -0.3 is 24.7 Å². The maximum Gasteiger partial charge on any atom is 0.231 e. The molecule has 2 heterocycles. The summed E-state index contributed by atoms with van der Waals surface area (Å²) >= 11 is 0. The van der Waals surface area contributed by atoms with Crippen LogP contribution in [0.1, 0.15) is 18.4 Å². The summed E-state index contributed by atoms with van der Waals surface area (Å²) in [6.07, 6.45) is 2.15. The highest BCUT2D eigenvalue weighted by Gasteiger charge is 2.21. The zero-order chi connectivity index (χ0) is 12.4. The lowest BCUT2D eigenvalue weighted by atomic mass is 10.1. The van der Waals surface area contributed by atoms with Gasteiger partial charge in [-0.2, -0.15) is 0 Å². The summed E-state index contributed by atoms with van der Waals surface area (Å²) in [7, 11) is 0. The largest absolute Gasteiger partial charge is 0.488 e. The monoisotopic (exact) mass is 251 g/mol. The molecule has 2 aliphatic heterocycles. The van der Waals surface area contributed by atoms with E-state index in [2.05, 4.69) is 0 Å². The Morgan fingerprint density at radius 3 is 2.83 bits per heavy atom. The Kier molecular flexibility index (Phi) is 3.25. The topological polar surface area (TPSA) is 62.9 Å². The van der Waals surface area contributed by atoms with Gasteiger partial charge in [0, 0.05) is 24.8 Å². The zero-order valence-electron chi connectivity index (χ0n) is 10.2. The first kappa shape index (κ1) is 11.6. The minimum absolute atomic E-state index is 0.101. The van der Waals surface area contributed by atoms with Gasteiger partial charge in [-0.25, -0.2) is 0 Å². The van der Waals surface area contributed by atoms with Crippen molar-refractivity contribution in [3.63, 3.8) is 0 Å². The number of hydrogen-bond acceptors (Lipinski definition) is 5. The van der Waals surface area contributed by atoms with Gasteiger partial charge in [0.25, 0.3) is 0 Å². The van der Waals surface area contributed by atoms with Crippen LogP contribution >= 0.6 is 0 Å². The standard InChI is InChI=1S/C13H17NO4/c14-6-9-4-12-13(17-8-16-12)5-11(9)18-10-2-1-3-15-7-10/h4-5,10H,1-3,6-8,14H2. The van der Waals surface area contributed by atoms with Gasteiger partial charge in [0.1, 0.15) is 11.9 Å². The van der Waals surface area contributed by atoms with Crippen molar-refractivity contribution in [1.82, 2.24) is 0 Å². The highest BCUT2D eigenvalue weighted by Crippen LogP contribution is 2.38. The first-order valence-electron chi connectivity index (χ1n) is 6.24. The van der Waals surface area contributed by atoms with E-state index in [1.807, 2.05) is 12.1 Å². The lowest BCUT2D eigenvalue weighted by Gasteiger charge is -2.24. The third kappa shape index (κ3) is 2.23.